The van der Waals surface area contributed by atoms with E-state index in [1.165, 1.54) is 26.4 Å². The van der Waals surface area contributed by atoms with Crippen LogP contribution in [0.3, 0.4) is 0 Å². The van der Waals surface area contributed by atoms with Crippen LogP contribution >= 0.6 is 0 Å². The minimum absolute atomic E-state index is 0.0277. The predicted molar refractivity (Wildman–Crippen MR) is 131 cm³/mol. The lowest BCUT2D eigenvalue weighted by Gasteiger charge is -2.38. The Labute approximate surface area is 203 Å². The first-order valence-corrected chi connectivity index (χ1v) is 12.0. The summed E-state index contributed by atoms with van der Waals surface area (Å²) in [5.41, 5.74) is 0.952. The Hall–Kier alpha value is -2.80. The van der Waals surface area contributed by atoms with Crippen molar-refractivity contribution in [2.75, 3.05) is 27.3 Å². The van der Waals surface area contributed by atoms with E-state index in [1.807, 2.05) is 18.7 Å². The van der Waals surface area contributed by atoms with Gasteiger partial charge in [-0.15, -0.1) is 0 Å². The molecule has 1 fully saturated rings. The van der Waals surface area contributed by atoms with Crippen molar-refractivity contribution in [1.29, 1.82) is 0 Å². The van der Waals surface area contributed by atoms with Crippen LogP contribution in [-0.2, 0) is 14.3 Å². The van der Waals surface area contributed by atoms with Crippen LogP contribution in [0.1, 0.15) is 62.4 Å². The highest BCUT2D eigenvalue weighted by molar-refractivity contribution is 5.87. The molecule has 34 heavy (non-hydrogen) atoms. The number of aromatic carboxylic acids is 1. The molecular weight excluding hydrogens is 434 g/mol. The average molecular weight is 474 g/mol. The van der Waals surface area contributed by atoms with Crippen LogP contribution in [0.4, 0.5) is 0 Å². The number of carboxylic acids is 1. The van der Waals surface area contributed by atoms with Gasteiger partial charge in [0, 0.05) is 31.5 Å². The molecule has 1 heterocycles. The van der Waals surface area contributed by atoms with E-state index in [0.29, 0.717) is 23.4 Å². The molecule has 1 aromatic rings. The van der Waals surface area contributed by atoms with Crippen molar-refractivity contribution in [2.24, 2.45) is 17.8 Å². The van der Waals surface area contributed by atoms with Gasteiger partial charge in [-0.1, -0.05) is 39.8 Å². The fourth-order valence-electron chi connectivity index (χ4n) is 4.99. The average Bonchev–Trinajstić information content (AvgIpc) is 2.82. The van der Waals surface area contributed by atoms with Crippen LogP contribution in [0.15, 0.2) is 47.9 Å². The maximum atomic E-state index is 13.4. The number of piperidine rings is 1. The third-order valence-electron chi connectivity index (χ3n) is 6.42. The lowest BCUT2D eigenvalue weighted by Crippen LogP contribution is -2.44. The van der Waals surface area contributed by atoms with Gasteiger partial charge in [-0.05, 0) is 42.0 Å². The van der Waals surface area contributed by atoms with Crippen LogP contribution in [0, 0.1) is 17.8 Å². The summed E-state index contributed by atoms with van der Waals surface area (Å²) in [6, 6.07) is 6.50. The highest BCUT2D eigenvalue weighted by atomic mass is 16.5. The number of amides is 1. The van der Waals surface area contributed by atoms with E-state index >= 15 is 0 Å². The molecular formula is C27H39NO6. The fourth-order valence-corrected chi connectivity index (χ4v) is 4.99. The Kier molecular flexibility index (Phi) is 10.2. The summed E-state index contributed by atoms with van der Waals surface area (Å²) in [4.78, 5) is 26.6. The van der Waals surface area contributed by atoms with E-state index < -0.39 is 23.9 Å². The number of aliphatic hydroxyl groups is 1. The zero-order valence-corrected chi connectivity index (χ0v) is 21.2. The van der Waals surface area contributed by atoms with Gasteiger partial charge in [0.05, 0.1) is 31.8 Å². The molecule has 2 N–H and O–H groups in total. The third kappa shape index (κ3) is 6.63. The SMILES string of the molecule is CC.COC1=CC(O)[C@@H](C(CC(=O)N2CC(C)C[C@@H](C)C2)c2ccc(C(=O)O)cc2)C(OC)=C1. The first kappa shape index (κ1) is 27.4. The molecule has 5 atom stereocenters. The first-order valence-electron chi connectivity index (χ1n) is 12.0. The van der Waals surface area contributed by atoms with Gasteiger partial charge in [0.25, 0.3) is 0 Å². The summed E-state index contributed by atoms with van der Waals surface area (Å²) in [6.07, 6.45) is 3.71. The number of allylic oxidation sites excluding steroid dienone is 1. The molecule has 188 valence electrons. The number of methoxy groups -OCH3 is 2. The Morgan fingerprint density at radius 3 is 2.15 bits per heavy atom. The molecule has 0 spiro atoms. The lowest BCUT2D eigenvalue weighted by molar-refractivity contribution is -0.134. The van der Waals surface area contributed by atoms with Crippen molar-refractivity contribution >= 4 is 11.9 Å². The number of hydrogen-bond acceptors (Lipinski definition) is 5. The van der Waals surface area contributed by atoms with Gasteiger partial charge in [0.15, 0.2) is 0 Å². The highest BCUT2D eigenvalue weighted by Gasteiger charge is 2.38. The summed E-state index contributed by atoms with van der Waals surface area (Å²) < 4.78 is 10.9. The third-order valence-corrected chi connectivity index (χ3v) is 6.42. The zero-order valence-electron chi connectivity index (χ0n) is 21.2. The maximum Gasteiger partial charge on any atom is 0.335 e. The Morgan fingerprint density at radius 1 is 1.06 bits per heavy atom. The van der Waals surface area contributed by atoms with Gasteiger partial charge >= 0.3 is 5.97 Å². The van der Waals surface area contributed by atoms with Gasteiger partial charge in [-0.25, -0.2) is 4.79 Å². The molecule has 7 heteroatoms. The second kappa shape index (κ2) is 12.6. The van der Waals surface area contributed by atoms with Crippen LogP contribution in [0.25, 0.3) is 0 Å². The first-order chi connectivity index (χ1) is 16.2. The van der Waals surface area contributed by atoms with Crippen LogP contribution in [0.2, 0.25) is 0 Å². The Balaban J connectivity index is 0.00000199. The number of carboxylic acid groups (broad SMARTS) is 1. The standard InChI is InChI=1S/C25H33NO6.C2H6/c1-15-9-16(2)14-26(13-15)23(28)12-20(17-5-7-18(8-6-17)25(29)30)24-21(27)10-19(31-3)11-22(24)32-4;1-2/h5-8,10-11,15-16,20-21,24,27H,9,12-14H2,1-4H3,(H,29,30);1-2H3/t15-,16?,20?,21?,24-;/m1./s1. The monoisotopic (exact) mass is 473 g/mol. The fraction of sp³-hybridized carbons (Fsp3) is 0.556. The summed E-state index contributed by atoms with van der Waals surface area (Å²) in [5.74, 6) is 0.0267. The number of likely N-dealkylation sites (tertiary alicyclic amines) is 1. The van der Waals surface area contributed by atoms with E-state index in [9.17, 15) is 19.8 Å². The number of rotatable bonds is 7. The van der Waals surface area contributed by atoms with Crippen LogP contribution in [-0.4, -0.2) is 60.4 Å². The normalized spacial score (nSPS) is 25.2. The Bertz CT molecular complexity index is 881. The molecule has 7 nitrogen and oxygen atoms in total. The number of carbonyl (C=O) groups is 2. The largest absolute Gasteiger partial charge is 0.501 e. The molecule has 0 bridgehead atoms. The second-order valence-corrected chi connectivity index (χ2v) is 9.02. The van der Waals surface area contributed by atoms with E-state index in [-0.39, 0.29) is 17.9 Å². The predicted octanol–water partition coefficient (Wildman–Crippen LogP) is 4.44. The zero-order chi connectivity index (χ0) is 25.4. The van der Waals surface area contributed by atoms with Crippen LogP contribution in [0.5, 0.6) is 0 Å². The van der Waals surface area contributed by atoms with Gasteiger partial charge in [-0.3, -0.25) is 4.79 Å². The maximum absolute atomic E-state index is 13.4. The molecule has 3 rings (SSSR count). The minimum Gasteiger partial charge on any atom is -0.501 e. The molecule has 1 aliphatic carbocycles. The van der Waals surface area contributed by atoms with Crippen molar-refractivity contribution in [2.45, 2.75) is 52.6 Å². The molecule has 3 unspecified atom stereocenters. The molecule has 1 saturated heterocycles. The smallest absolute Gasteiger partial charge is 0.335 e. The number of carbonyl (C=O) groups excluding carboxylic acids is 1. The quantitative estimate of drug-likeness (QED) is 0.608. The lowest BCUT2D eigenvalue weighted by atomic mass is 9.76. The summed E-state index contributed by atoms with van der Waals surface area (Å²) in [7, 11) is 3.05. The molecule has 0 radical (unpaired) electrons. The molecule has 1 aliphatic heterocycles. The molecule has 0 saturated carbocycles. The number of benzene rings is 1. The van der Waals surface area contributed by atoms with Gasteiger partial charge in [-0.2, -0.15) is 0 Å². The number of hydrogen-bond donors (Lipinski definition) is 2. The summed E-state index contributed by atoms with van der Waals surface area (Å²) >= 11 is 0. The highest BCUT2D eigenvalue weighted by Crippen LogP contribution is 2.40. The van der Waals surface area contributed by atoms with E-state index in [1.54, 1.807) is 24.3 Å². The molecule has 1 aromatic carbocycles. The summed E-state index contributed by atoms with van der Waals surface area (Å²) in [6.45, 7) is 9.76. The number of ether oxygens (including phenoxy) is 2. The Morgan fingerprint density at radius 2 is 1.65 bits per heavy atom. The van der Waals surface area contributed by atoms with E-state index in [4.69, 9.17) is 9.47 Å². The molecule has 2 aliphatic rings. The van der Waals surface area contributed by atoms with E-state index in [0.717, 1.165) is 25.1 Å². The van der Waals surface area contributed by atoms with Gasteiger partial charge in [0.2, 0.25) is 5.91 Å². The van der Waals surface area contributed by atoms with Crippen molar-refractivity contribution < 1.29 is 29.3 Å². The number of aliphatic hydroxyl groups excluding tert-OH is 1. The van der Waals surface area contributed by atoms with E-state index in [2.05, 4.69) is 13.8 Å². The number of nitrogens with zero attached hydrogens (tertiary/aromatic N) is 1. The topological polar surface area (TPSA) is 96.3 Å². The molecule has 1 amide bonds. The van der Waals surface area contributed by atoms with Crippen LogP contribution < -0.4 is 0 Å². The minimum atomic E-state index is -1.01. The van der Waals surface area contributed by atoms with Crippen molar-refractivity contribution in [1.82, 2.24) is 4.90 Å². The van der Waals surface area contributed by atoms with Gasteiger partial charge < -0.3 is 24.6 Å². The van der Waals surface area contributed by atoms with Crippen molar-refractivity contribution in [3.05, 3.63) is 59.1 Å². The summed E-state index contributed by atoms with van der Waals surface area (Å²) in [5, 5.41) is 20.2. The second-order valence-electron chi connectivity index (χ2n) is 9.02. The molecule has 0 aromatic heterocycles. The van der Waals surface area contributed by atoms with Crippen molar-refractivity contribution in [3.63, 3.8) is 0 Å². The van der Waals surface area contributed by atoms with Gasteiger partial charge in [0.1, 0.15) is 11.5 Å². The van der Waals surface area contributed by atoms with Crippen molar-refractivity contribution in [3.8, 4) is 0 Å².